The summed E-state index contributed by atoms with van der Waals surface area (Å²) in [6.45, 7) is 0. The van der Waals surface area contributed by atoms with Crippen LogP contribution < -0.4 is 0 Å². The molecule has 0 aliphatic carbocycles. The Morgan fingerprint density at radius 2 is 1.81 bits per heavy atom. The van der Waals surface area contributed by atoms with Crippen LogP contribution in [0.3, 0.4) is 0 Å². The van der Waals surface area contributed by atoms with E-state index in [4.69, 9.17) is 0 Å². The van der Waals surface area contributed by atoms with Gasteiger partial charge in [-0.25, -0.2) is 4.79 Å². The van der Waals surface area contributed by atoms with Crippen molar-refractivity contribution < 1.29 is 17.4 Å². The van der Waals surface area contributed by atoms with Crippen molar-refractivity contribution in [2.24, 2.45) is 0 Å². The molecule has 7 heteroatoms. The summed E-state index contributed by atoms with van der Waals surface area (Å²) in [6, 6.07) is 7.94. The van der Waals surface area contributed by atoms with Gasteiger partial charge in [-0.05, 0) is 12.1 Å². The molecule has 0 aromatic heterocycles. The van der Waals surface area contributed by atoms with Crippen molar-refractivity contribution in [3.05, 3.63) is 35.9 Å². The summed E-state index contributed by atoms with van der Waals surface area (Å²) in [6.07, 6.45) is 0. The van der Waals surface area contributed by atoms with E-state index in [9.17, 15) is 13.2 Å². The molecule has 0 saturated heterocycles. The van der Waals surface area contributed by atoms with E-state index in [1.807, 2.05) is 0 Å². The first kappa shape index (κ1) is 16.0. The molecule has 0 aliphatic rings. The second-order valence-electron chi connectivity index (χ2n) is 2.72. The van der Waals surface area contributed by atoms with Gasteiger partial charge in [0.2, 0.25) is 0 Å². The number of thiol groups is 1. The number of carbonyl (C=O) groups excluding carboxylic acids is 1. The fourth-order valence-corrected chi connectivity index (χ4v) is 2.20. The molecule has 16 heavy (non-hydrogen) atoms. The number of benzene rings is 1. The Bertz CT molecular complexity index is 430. The second-order valence-corrected chi connectivity index (χ2v) is 4.86. The summed E-state index contributed by atoms with van der Waals surface area (Å²) in [7, 11) is -3.80. The summed E-state index contributed by atoms with van der Waals surface area (Å²) in [4.78, 5) is 11.3. The van der Waals surface area contributed by atoms with Gasteiger partial charge in [0.1, 0.15) is 0 Å². The van der Waals surface area contributed by atoms with Crippen LogP contribution in [0.4, 0.5) is 0 Å². The van der Waals surface area contributed by atoms with E-state index in [1.54, 1.807) is 18.2 Å². The van der Waals surface area contributed by atoms with Crippen molar-refractivity contribution in [3.63, 3.8) is 0 Å². The van der Waals surface area contributed by atoms with Crippen LogP contribution in [0.1, 0.15) is 10.4 Å². The zero-order valence-electron chi connectivity index (χ0n) is 7.79. The molecule has 1 aromatic rings. The van der Waals surface area contributed by atoms with Crippen LogP contribution in [-0.2, 0) is 14.3 Å². The quantitative estimate of drug-likeness (QED) is 0.490. The van der Waals surface area contributed by atoms with E-state index in [0.717, 1.165) is 0 Å². The summed E-state index contributed by atoms with van der Waals surface area (Å²) < 4.78 is 26.6. The summed E-state index contributed by atoms with van der Waals surface area (Å²) >= 11 is 3.75. The van der Waals surface area contributed by atoms with Crippen LogP contribution in [0.2, 0.25) is 0 Å². The van der Waals surface area contributed by atoms with Crippen LogP contribution in [0.25, 0.3) is 0 Å². The Morgan fingerprint density at radius 1 is 1.25 bits per heavy atom. The topological polar surface area (TPSA) is 60.4 Å². The summed E-state index contributed by atoms with van der Waals surface area (Å²) in [5.41, 5.74) is 0.209. The van der Waals surface area contributed by atoms with Gasteiger partial charge in [-0.3, -0.25) is 0 Å². The molecule has 0 bridgehead atoms. The molecule has 84 valence electrons. The maximum atomic E-state index is 11.3. The molecule has 1 aromatic carbocycles. The van der Waals surface area contributed by atoms with E-state index in [-0.39, 0.29) is 46.6 Å². The molecule has 0 atom stereocenters. The van der Waals surface area contributed by atoms with Gasteiger partial charge in [0, 0.05) is 5.75 Å². The van der Waals surface area contributed by atoms with Crippen molar-refractivity contribution in [1.82, 2.24) is 0 Å². The van der Waals surface area contributed by atoms with Gasteiger partial charge in [0.05, 0.1) is 11.3 Å². The fourth-order valence-electron chi connectivity index (χ4n) is 0.891. The minimum atomic E-state index is -3.80. The van der Waals surface area contributed by atoms with Gasteiger partial charge in [0.25, 0.3) is 0 Å². The SMILES string of the molecule is O=C(OS(=O)(=O)CCS)c1ccccc1.[NaH]. The van der Waals surface area contributed by atoms with E-state index >= 15 is 0 Å². The van der Waals surface area contributed by atoms with Gasteiger partial charge in [-0.1, -0.05) is 18.2 Å². The van der Waals surface area contributed by atoms with Crippen molar-refractivity contribution in [2.75, 3.05) is 11.5 Å². The molecular formula is C9H11NaO4S2. The predicted molar refractivity (Wildman–Crippen MR) is 66.6 cm³/mol. The summed E-state index contributed by atoms with van der Waals surface area (Å²) in [5.74, 6) is -1.03. The Balaban J connectivity index is 0.00000225. The van der Waals surface area contributed by atoms with Gasteiger partial charge in [0.15, 0.2) is 0 Å². The zero-order valence-corrected chi connectivity index (χ0v) is 9.50. The Hall–Kier alpha value is -0.0100. The molecule has 0 aliphatic heterocycles. The van der Waals surface area contributed by atoms with E-state index in [2.05, 4.69) is 16.8 Å². The zero-order chi connectivity index (χ0) is 11.3. The fraction of sp³-hybridized carbons (Fsp3) is 0.222. The van der Waals surface area contributed by atoms with Gasteiger partial charge >= 0.3 is 45.6 Å². The Labute approximate surface area is 122 Å². The van der Waals surface area contributed by atoms with Crippen molar-refractivity contribution in [2.45, 2.75) is 0 Å². The normalized spacial score (nSPS) is 10.3. The van der Waals surface area contributed by atoms with E-state index < -0.39 is 16.1 Å². The second kappa shape index (κ2) is 7.34. The molecule has 0 saturated carbocycles. The van der Waals surface area contributed by atoms with Gasteiger partial charge in [-0.15, -0.1) is 0 Å². The monoisotopic (exact) mass is 270 g/mol. The molecule has 0 heterocycles. The van der Waals surface area contributed by atoms with Crippen LogP contribution in [0.15, 0.2) is 30.3 Å². The first-order valence-corrected chi connectivity index (χ1v) is 6.38. The number of rotatable bonds is 4. The number of hydrogen-bond acceptors (Lipinski definition) is 5. The third-order valence-electron chi connectivity index (χ3n) is 1.55. The van der Waals surface area contributed by atoms with Crippen molar-refractivity contribution in [3.8, 4) is 0 Å². The van der Waals surface area contributed by atoms with E-state index in [1.165, 1.54) is 12.1 Å². The van der Waals surface area contributed by atoms with Gasteiger partial charge in [-0.2, -0.15) is 21.0 Å². The molecule has 0 unspecified atom stereocenters. The summed E-state index contributed by atoms with van der Waals surface area (Å²) in [5, 5.41) is 0. The Kier molecular flexibility index (Phi) is 7.34. The molecule has 0 amide bonds. The van der Waals surface area contributed by atoms with E-state index in [0.29, 0.717) is 0 Å². The average Bonchev–Trinajstić information content (AvgIpc) is 2.18. The molecule has 0 spiro atoms. The van der Waals surface area contributed by atoms with Crippen LogP contribution >= 0.6 is 12.6 Å². The molecule has 1 rings (SSSR count). The average molecular weight is 270 g/mol. The maximum absolute atomic E-state index is 11.3. The number of carbonyl (C=O) groups is 1. The predicted octanol–water partition coefficient (Wildman–Crippen LogP) is 0.454. The van der Waals surface area contributed by atoms with Crippen molar-refractivity contribution in [1.29, 1.82) is 0 Å². The molecule has 4 nitrogen and oxygen atoms in total. The third kappa shape index (κ3) is 5.36. The van der Waals surface area contributed by atoms with Crippen molar-refractivity contribution >= 4 is 58.3 Å². The van der Waals surface area contributed by atoms with Crippen LogP contribution in [0, 0.1) is 0 Å². The van der Waals surface area contributed by atoms with Gasteiger partial charge < -0.3 is 4.18 Å². The standard InChI is InChI=1S/C9H10O4S2.Na.H/c10-9(8-4-2-1-3-5-8)13-15(11,12)7-6-14;;/h1-5,14H,6-7H2;;. The first-order valence-electron chi connectivity index (χ1n) is 4.17. The third-order valence-corrected chi connectivity index (χ3v) is 3.19. The molecule has 0 N–H and O–H groups in total. The number of hydrogen-bond donors (Lipinski definition) is 1. The van der Waals surface area contributed by atoms with Crippen LogP contribution in [-0.4, -0.2) is 55.5 Å². The first-order chi connectivity index (χ1) is 7.05. The molecule has 0 fully saturated rings. The Morgan fingerprint density at radius 3 is 2.31 bits per heavy atom. The molecule has 0 radical (unpaired) electrons. The van der Waals surface area contributed by atoms with Crippen LogP contribution in [0.5, 0.6) is 0 Å². The minimum absolute atomic E-state index is 0. The molecular weight excluding hydrogens is 259 g/mol.